The van der Waals surface area contributed by atoms with Gasteiger partial charge in [-0.3, -0.25) is 9.59 Å². The molecule has 0 radical (unpaired) electrons. The van der Waals surface area contributed by atoms with Gasteiger partial charge in [-0.05, 0) is 62.4 Å². The summed E-state index contributed by atoms with van der Waals surface area (Å²) in [5.41, 5.74) is 4.94. The van der Waals surface area contributed by atoms with E-state index in [0.717, 1.165) is 59.7 Å². The van der Waals surface area contributed by atoms with Crippen molar-refractivity contribution in [3.05, 3.63) is 76.0 Å². The highest BCUT2D eigenvalue weighted by atomic mass is 32.1. The Bertz CT molecular complexity index is 1580. The van der Waals surface area contributed by atoms with E-state index in [1.54, 1.807) is 4.90 Å². The lowest BCUT2D eigenvalue weighted by molar-refractivity contribution is -0.153. The molecule has 2 amide bonds. The number of aliphatic hydroxyl groups excluding tert-OH is 2. The first-order valence-electron chi connectivity index (χ1n) is 14.5. The predicted octanol–water partition coefficient (Wildman–Crippen LogP) is 3.15. The summed E-state index contributed by atoms with van der Waals surface area (Å²) in [7, 11) is 0. The first-order chi connectivity index (χ1) is 20.4. The number of thiazole rings is 1. The summed E-state index contributed by atoms with van der Waals surface area (Å²) in [5, 5.41) is 26.5. The van der Waals surface area contributed by atoms with Crippen LogP contribution in [0.25, 0.3) is 11.0 Å². The number of anilines is 1. The van der Waals surface area contributed by atoms with Crippen LogP contribution in [-0.4, -0.2) is 73.3 Å². The molecule has 3 atom stereocenters. The summed E-state index contributed by atoms with van der Waals surface area (Å²) in [6.07, 6.45) is 0.185. The van der Waals surface area contributed by atoms with Gasteiger partial charge in [0, 0.05) is 30.7 Å². The predicted molar refractivity (Wildman–Crippen MR) is 161 cm³/mol. The van der Waals surface area contributed by atoms with E-state index >= 15 is 0 Å². The second-order valence-electron chi connectivity index (χ2n) is 11.1. The van der Waals surface area contributed by atoms with Crippen molar-refractivity contribution in [1.29, 1.82) is 0 Å². The van der Waals surface area contributed by atoms with Crippen molar-refractivity contribution in [1.82, 2.24) is 24.8 Å². The zero-order chi connectivity index (χ0) is 29.2. The number of aliphatic hydroxyl groups is 2. The summed E-state index contributed by atoms with van der Waals surface area (Å²) in [6.45, 7) is 5.11. The zero-order valence-corrected chi connectivity index (χ0v) is 24.5. The second kappa shape index (κ2) is 12.2. The summed E-state index contributed by atoms with van der Waals surface area (Å²) < 4.78 is 2.09. The molecule has 2 aromatic heterocycles. The average molecular weight is 589 g/mol. The third-order valence-electron chi connectivity index (χ3n) is 8.26. The minimum absolute atomic E-state index is 0.0841. The standard InChI is InChI=1S/C31H36N6O4S/c1-20-33-24-10-2-3-11-26(24)37(20)18-22-19-42-27(34-22)17-32-30(40)28(38)29(39)31(41)36-15-7-12-25(36)21-8-6-9-23(16-21)35-13-4-5-14-35/h2-3,6,8-11,16,19,25,28-29,38-39H,4-5,7,12-15,17-18H2,1H3,(H,32,40). The van der Waals surface area contributed by atoms with E-state index in [2.05, 4.69) is 36.9 Å². The van der Waals surface area contributed by atoms with Gasteiger partial charge in [-0.2, -0.15) is 0 Å². The van der Waals surface area contributed by atoms with Crippen molar-refractivity contribution in [3.63, 3.8) is 0 Å². The van der Waals surface area contributed by atoms with Gasteiger partial charge in [0.25, 0.3) is 11.8 Å². The monoisotopic (exact) mass is 588 g/mol. The smallest absolute Gasteiger partial charge is 0.255 e. The minimum Gasteiger partial charge on any atom is -0.380 e. The molecule has 2 saturated heterocycles. The number of nitrogens with one attached hydrogen (secondary N) is 1. The fraction of sp³-hybridized carbons (Fsp3) is 0.419. The molecule has 0 bridgehead atoms. The number of fused-ring (bicyclic) bond motifs is 1. The molecule has 42 heavy (non-hydrogen) atoms. The summed E-state index contributed by atoms with van der Waals surface area (Å²) >= 11 is 1.40. The SMILES string of the molecule is Cc1nc2ccccc2n1Cc1csc(CNC(=O)C(O)C(O)C(=O)N2CCCC2c2cccc(N3CCCC3)c2)n1. The van der Waals surface area contributed by atoms with Crippen LogP contribution < -0.4 is 10.2 Å². The highest BCUT2D eigenvalue weighted by molar-refractivity contribution is 7.09. The highest BCUT2D eigenvalue weighted by Crippen LogP contribution is 2.35. The summed E-state index contributed by atoms with van der Waals surface area (Å²) in [5.74, 6) is -0.553. The molecule has 11 heteroatoms. The molecular weight excluding hydrogens is 552 g/mol. The van der Waals surface area contributed by atoms with Crippen LogP contribution in [0, 0.1) is 6.92 Å². The van der Waals surface area contributed by atoms with Gasteiger partial charge in [0.15, 0.2) is 12.2 Å². The van der Waals surface area contributed by atoms with E-state index < -0.39 is 24.0 Å². The lowest BCUT2D eigenvalue weighted by atomic mass is 10.0. The van der Waals surface area contributed by atoms with Crippen molar-refractivity contribution < 1.29 is 19.8 Å². The molecule has 2 aliphatic rings. The topological polar surface area (TPSA) is 124 Å². The Morgan fingerprint density at radius 2 is 1.83 bits per heavy atom. The normalized spacial score (nSPS) is 18.5. The first kappa shape index (κ1) is 28.3. The number of aromatic nitrogens is 3. The van der Waals surface area contributed by atoms with Crippen LogP contribution in [-0.2, 0) is 22.7 Å². The number of para-hydroxylation sites is 2. The minimum atomic E-state index is -1.88. The molecule has 0 saturated carbocycles. The Balaban J connectivity index is 1.05. The maximum absolute atomic E-state index is 13.3. The summed E-state index contributed by atoms with van der Waals surface area (Å²) in [6, 6.07) is 15.9. The van der Waals surface area contributed by atoms with Crippen molar-refractivity contribution in [2.75, 3.05) is 24.5 Å². The summed E-state index contributed by atoms with van der Waals surface area (Å²) in [4.78, 5) is 39.2. The first-order valence-corrected chi connectivity index (χ1v) is 15.4. The average Bonchev–Trinajstić information content (AvgIpc) is 3.83. The van der Waals surface area contributed by atoms with Crippen molar-refractivity contribution >= 4 is 39.9 Å². The van der Waals surface area contributed by atoms with Crippen molar-refractivity contribution in [2.24, 2.45) is 0 Å². The maximum Gasteiger partial charge on any atom is 0.255 e. The van der Waals surface area contributed by atoms with Crippen LogP contribution in [0.3, 0.4) is 0 Å². The molecular formula is C31H36N6O4S. The second-order valence-corrected chi connectivity index (χ2v) is 12.0. The van der Waals surface area contributed by atoms with E-state index in [9.17, 15) is 19.8 Å². The molecule has 3 N–H and O–H groups in total. The lowest BCUT2D eigenvalue weighted by Crippen LogP contribution is -2.50. The number of carbonyl (C=O) groups is 2. The Morgan fingerprint density at radius 3 is 2.67 bits per heavy atom. The highest BCUT2D eigenvalue weighted by Gasteiger charge is 2.38. The fourth-order valence-corrected chi connectivity index (χ4v) is 6.78. The number of aryl methyl sites for hydroxylation is 1. The van der Waals surface area contributed by atoms with Gasteiger partial charge < -0.3 is 29.9 Å². The third kappa shape index (κ3) is 5.77. The number of hydrogen-bond donors (Lipinski definition) is 3. The number of imidazole rings is 1. The third-order valence-corrected chi connectivity index (χ3v) is 9.16. The molecule has 3 unspecified atom stereocenters. The molecule has 0 spiro atoms. The fourth-order valence-electron chi connectivity index (χ4n) is 6.06. The molecule has 220 valence electrons. The number of amides is 2. The Labute approximate surface area is 248 Å². The van der Waals surface area contributed by atoms with Gasteiger partial charge in [-0.25, -0.2) is 9.97 Å². The van der Waals surface area contributed by atoms with E-state index in [1.807, 2.05) is 48.7 Å². The Hall–Kier alpha value is -3.80. The van der Waals surface area contributed by atoms with Gasteiger partial charge in [-0.1, -0.05) is 24.3 Å². The molecule has 0 aliphatic carbocycles. The van der Waals surface area contributed by atoms with Crippen LogP contribution in [0.2, 0.25) is 0 Å². The van der Waals surface area contributed by atoms with Crippen LogP contribution >= 0.6 is 11.3 Å². The molecule has 4 heterocycles. The molecule has 6 rings (SSSR count). The van der Waals surface area contributed by atoms with Gasteiger partial charge in [0.2, 0.25) is 0 Å². The van der Waals surface area contributed by atoms with E-state index in [1.165, 1.54) is 24.2 Å². The van der Waals surface area contributed by atoms with E-state index in [0.29, 0.717) is 18.1 Å². The molecule has 2 aromatic carbocycles. The van der Waals surface area contributed by atoms with E-state index in [-0.39, 0.29) is 12.6 Å². The van der Waals surface area contributed by atoms with Crippen molar-refractivity contribution in [3.8, 4) is 0 Å². The Kier molecular flexibility index (Phi) is 8.23. The Morgan fingerprint density at radius 1 is 1.02 bits per heavy atom. The van der Waals surface area contributed by atoms with Gasteiger partial charge >= 0.3 is 0 Å². The number of likely N-dealkylation sites (tertiary alicyclic amines) is 1. The lowest BCUT2D eigenvalue weighted by Gasteiger charge is -2.29. The molecule has 10 nitrogen and oxygen atoms in total. The van der Waals surface area contributed by atoms with E-state index in [4.69, 9.17) is 0 Å². The van der Waals surface area contributed by atoms with Crippen LogP contribution in [0.5, 0.6) is 0 Å². The van der Waals surface area contributed by atoms with Crippen molar-refractivity contribution in [2.45, 2.75) is 63.9 Å². The van der Waals surface area contributed by atoms with Crippen LogP contribution in [0.1, 0.15) is 53.8 Å². The molecule has 2 aliphatic heterocycles. The number of nitrogens with zero attached hydrogens (tertiary/aromatic N) is 5. The number of benzene rings is 2. The number of carbonyl (C=O) groups excluding carboxylic acids is 2. The molecule has 2 fully saturated rings. The number of hydrogen-bond acceptors (Lipinski definition) is 8. The molecule has 4 aromatic rings. The largest absolute Gasteiger partial charge is 0.380 e. The quantitative estimate of drug-likeness (QED) is 0.275. The van der Waals surface area contributed by atoms with Gasteiger partial charge in [0.1, 0.15) is 10.8 Å². The van der Waals surface area contributed by atoms with Gasteiger partial charge in [-0.15, -0.1) is 11.3 Å². The van der Waals surface area contributed by atoms with Crippen LogP contribution in [0.4, 0.5) is 5.69 Å². The number of rotatable bonds is 9. The maximum atomic E-state index is 13.3. The zero-order valence-electron chi connectivity index (χ0n) is 23.6. The van der Waals surface area contributed by atoms with Crippen LogP contribution in [0.15, 0.2) is 53.9 Å². The van der Waals surface area contributed by atoms with Gasteiger partial charge in [0.05, 0.1) is 35.9 Å².